The summed E-state index contributed by atoms with van der Waals surface area (Å²) < 4.78 is 16.3. The molecule has 0 bridgehead atoms. The number of ether oxygens (including phenoxy) is 3. The van der Waals surface area contributed by atoms with Gasteiger partial charge < -0.3 is 39.7 Å². The van der Waals surface area contributed by atoms with E-state index in [-0.39, 0.29) is 34.1 Å². The topological polar surface area (TPSA) is 146 Å². The van der Waals surface area contributed by atoms with Gasteiger partial charge in [0.2, 0.25) is 12.1 Å². The van der Waals surface area contributed by atoms with Crippen molar-refractivity contribution in [3.63, 3.8) is 0 Å². The van der Waals surface area contributed by atoms with Crippen molar-refractivity contribution < 1.29 is 44.5 Å². The lowest BCUT2D eigenvalue weighted by molar-refractivity contribution is -0.238. The van der Waals surface area contributed by atoms with E-state index in [1.165, 1.54) is 37.4 Å². The van der Waals surface area contributed by atoms with E-state index < -0.39 is 42.4 Å². The number of aromatic hydroxyl groups is 2. The minimum absolute atomic E-state index is 0.0112. The Morgan fingerprint density at radius 2 is 1.70 bits per heavy atom. The summed E-state index contributed by atoms with van der Waals surface area (Å²) in [6.07, 6.45) is -5.60. The molecule has 2 aromatic carbocycles. The number of phenolic OH excluding ortho intramolecular Hbond substituents is 2. The second-order valence-electron chi connectivity index (χ2n) is 6.67. The van der Waals surface area contributed by atoms with Crippen LogP contribution in [0.1, 0.15) is 15.9 Å². The molecule has 1 heterocycles. The molecule has 5 atom stereocenters. The first-order valence-corrected chi connectivity index (χ1v) is 9.38. The van der Waals surface area contributed by atoms with E-state index >= 15 is 0 Å². The van der Waals surface area contributed by atoms with Crippen LogP contribution in [0.5, 0.6) is 23.0 Å². The number of aliphatic hydroxyl groups excluding tert-OH is 3. The van der Waals surface area contributed by atoms with E-state index in [0.717, 1.165) is 6.07 Å². The van der Waals surface area contributed by atoms with Crippen LogP contribution in [0, 0.1) is 0 Å². The molecule has 0 amide bonds. The van der Waals surface area contributed by atoms with Crippen LogP contribution in [0.15, 0.2) is 36.4 Å². The van der Waals surface area contributed by atoms with E-state index in [4.69, 9.17) is 25.8 Å². The molecule has 0 saturated carbocycles. The number of halogens is 1. The lowest BCUT2D eigenvalue weighted by Crippen LogP contribution is -2.58. The minimum Gasteiger partial charge on any atom is -0.508 e. The largest absolute Gasteiger partial charge is 0.508 e. The van der Waals surface area contributed by atoms with Gasteiger partial charge in [-0.25, -0.2) is 0 Å². The second-order valence-corrected chi connectivity index (χ2v) is 7.17. The zero-order valence-electron chi connectivity index (χ0n) is 15.8. The van der Waals surface area contributed by atoms with Crippen molar-refractivity contribution in [2.75, 3.05) is 13.7 Å². The standard InChI is InChI=1S/C20H21ClO9/c1-28-12-6-11(24)7-13(15(12)17(25)9-2-4-10(23)5-3-9)29-20-19(27)18(26)16(21)14(8-22)30-20/h2-7,14,16,18-20,22-24,26-27H,8H2,1H3/t14-,16+,18+,19-,20-/m1/s1. The molecule has 1 fully saturated rings. The summed E-state index contributed by atoms with van der Waals surface area (Å²) in [4.78, 5) is 13.1. The first-order chi connectivity index (χ1) is 14.3. The van der Waals surface area contributed by atoms with Gasteiger partial charge >= 0.3 is 0 Å². The lowest BCUT2D eigenvalue weighted by atomic mass is 10.00. The molecular weight excluding hydrogens is 420 g/mol. The summed E-state index contributed by atoms with van der Waals surface area (Å²) in [5.41, 5.74) is 0.112. The first-order valence-electron chi connectivity index (χ1n) is 8.94. The fourth-order valence-corrected chi connectivity index (χ4v) is 3.36. The van der Waals surface area contributed by atoms with Crippen molar-refractivity contribution in [2.24, 2.45) is 0 Å². The number of benzene rings is 2. The Morgan fingerprint density at radius 1 is 1.07 bits per heavy atom. The third-order valence-corrected chi connectivity index (χ3v) is 5.21. The van der Waals surface area contributed by atoms with Crippen molar-refractivity contribution >= 4 is 17.4 Å². The number of alkyl halides is 1. The van der Waals surface area contributed by atoms with Crippen molar-refractivity contribution in [1.29, 1.82) is 0 Å². The molecule has 30 heavy (non-hydrogen) atoms. The van der Waals surface area contributed by atoms with Gasteiger partial charge in [-0.2, -0.15) is 0 Å². The molecule has 0 spiro atoms. The van der Waals surface area contributed by atoms with Crippen molar-refractivity contribution in [3.05, 3.63) is 47.5 Å². The zero-order valence-corrected chi connectivity index (χ0v) is 16.6. The molecule has 9 nitrogen and oxygen atoms in total. The van der Waals surface area contributed by atoms with Crippen LogP contribution in [0.25, 0.3) is 0 Å². The van der Waals surface area contributed by atoms with E-state index in [0.29, 0.717) is 0 Å². The SMILES string of the molecule is COc1cc(O)cc(O[C@@H]2O[C@H](CO)[C@H](Cl)[C@H](O)[C@H]2O)c1C(=O)c1ccc(O)cc1. The molecule has 0 radical (unpaired) electrons. The number of hydrogen-bond acceptors (Lipinski definition) is 9. The van der Waals surface area contributed by atoms with E-state index in [9.17, 15) is 30.3 Å². The summed E-state index contributed by atoms with van der Waals surface area (Å²) in [6, 6.07) is 7.78. The van der Waals surface area contributed by atoms with Crippen molar-refractivity contribution in [1.82, 2.24) is 0 Å². The van der Waals surface area contributed by atoms with Crippen LogP contribution < -0.4 is 9.47 Å². The third-order valence-electron chi connectivity index (χ3n) is 4.67. The van der Waals surface area contributed by atoms with Gasteiger partial charge in [0.05, 0.1) is 19.1 Å². The Bertz CT molecular complexity index is 900. The Kier molecular flexibility index (Phi) is 6.69. The molecule has 5 N–H and O–H groups in total. The van der Waals surface area contributed by atoms with Gasteiger partial charge in [-0.05, 0) is 24.3 Å². The van der Waals surface area contributed by atoms with Gasteiger partial charge in [-0.1, -0.05) is 0 Å². The molecule has 0 unspecified atom stereocenters. The quantitative estimate of drug-likeness (QED) is 0.324. The molecule has 0 aromatic heterocycles. The monoisotopic (exact) mass is 440 g/mol. The highest BCUT2D eigenvalue weighted by molar-refractivity contribution is 6.21. The highest BCUT2D eigenvalue weighted by atomic mass is 35.5. The molecule has 1 aliphatic rings. The normalized spacial score (nSPS) is 26.2. The Labute approximate surface area is 176 Å². The summed E-state index contributed by atoms with van der Waals surface area (Å²) in [6.45, 7) is -0.541. The molecular formula is C20H21ClO9. The number of ketones is 1. The number of hydrogen-bond donors (Lipinski definition) is 5. The number of phenols is 2. The maximum absolute atomic E-state index is 13.1. The maximum Gasteiger partial charge on any atom is 0.229 e. The van der Waals surface area contributed by atoms with Crippen LogP contribution >= 0.6 is 11.6 Å². The lowest BCUT2D eigenvalue weighted by Gasteiger charge is -2.39. The van der Waals surface area contributed by atoms with E-state index in [1.807, 2.05) is 0 Å². The highest BCUT2D eigenvalue weighted by Crippen LogP contribution is 2.37. The molecule has 162 valence electrons. The smallest absolute Gasteiger partial charge is 0.229 e. The molecule has 10 heteroatoms. The fraction of sp³-hybridized carbons (Fsp3) is 0.350. The second kappa shape index (κ2) is 9.07. The average molecular weight is 441 g/mol. The molecule has 3 rings (SSSR count). The Morgan fingerprint density at radius 3 is 2.30 bits per heavy atom. The summed E-state index contributed by atoms with van der Waals surface area (Å²) >= 11 is 5.96. The fourth-order valence-electron chi connectivity index (χ4n) is 3.07. The van der Waals surface area contributed by atoms with Gasteiger partial charge in [-0.15, -0.1) is 11.6 Å². The predicted molar refractivity (Wildman–Crippen MR) is 104 cm³/mol. The molecule has 1 saturated heterocycles. The zero-order chi connectivity index (χ0) is 22.0. The van der Waals surface area contributed by atoms with Crippen LogP contribution in [0.2, 0.25) is 0 Å². The minimum atomic E-state index is -1.60. The third kappa shape index (κ3) is 4.30. The predicted octanol–water partition coefficient (Wildman–Crippen LogP) is 0.763. The maximum atomic E-state index is 13.1. The molecule has 0 aliphatic carbocycles. The average Bonchev–Trinajstić information content (AvgIpc) is 2.73. The van der Waals surface area contributed by atoms with Crippen molar-refractivity contribution in [2.45, 2.75) is 30.0 Å². The summed E-state index contributed by atoms with van der Waals surface area (Å²) in [7, 11) is 1.29. The number of carbonyl (C=O) groups excluding carboxylic acids is 1. The number of methoxy groups -OCH3 is 1. The van der Waals surface area contributed by atoms with Gasteiger partial charge in [0.15, 0.2) is 0 Å². The van der Waals surface area contributed by atoms with Crippen LogP contribution in [0.3, 0.4) is 0 Å². The van der Waals surface area contributed by atoms with Gasteiger partial charge in [0.1, 0.15) is 46.9 Å². The number of rotatable bonds is 6. The van der Waals surface area contributed by atoms with Gasteiger partial charge in [0.25, 0.3) is 0 Å². The van der Waals surface area contributed by atoms with Gasteiger partial charge in [-0.3, -0.25) is 4.79 Å². The number of carbonyl (C=O) groups is 1. The van der Waals surface area contributed by atoms with Crippen LogP contribution in [-0.2, 0) is 4.74 Å². The van der Waals surface area contributed by atoms with E-state index in [2.05, 4.69) is 0 Å². The highest BCUT2D eigenvalue weighted by Gasteiger charge is 2.45. The molecule has 2 aromatic rings. The van der Waals surface area contributed by atoms with Crippen LogP contribution in [-0.4, -0.2) is 75.0 Å². The first kappa shape index (κ1) is 22.1. The Hall–Kier alpha value is -2.56. The van der Waals surface area contributed by atoms with Crippen molar-refractivity contribution in [3.8, 4) is 23.0 Å². The Balaban J connectivity index is 2.01. The summed E-state index contributed by atoms with van der Waals surface area (Å²) in [5.74, 6) is -1.07. The number of aliphatic hydroxyl groups is 3. The van der Waals surface area contributed by atoms with Crippen LogP contribution in [0.4, 0.5) is 0 Å². The van der Waals surface area contributed by atoms with E-state index in [1.54, 1.807) is 0 Å². The summed E-state index contributed by atoms with van der Waals surface area (Å²) in [5, 5.41) is 48.2. The van der Waals surface area contributed by atoms with Gasteiger partial charge in [0, 0.05) is 17.7 Å². The molecule has 1 aliphatic heterocycles.